The second-order valence-corrected chi connectivity index (χ2v) is 4.42. The highest BCUT2D eigenvalue weighted by atomic mass is 32.2. The predicted octanol–water partition coefficient (Wildman–Crippen LogP) is -1.25. The van der Waals surface area contributed by atoms with Gasteiger partial charge in [0.25, 0.3) is 0 Å². The van der Waals surface area contributed by atoms with Gasteiger partial charge in [-0.25, -0.2) is 8.42 Å². The lowest BCUT2D eigenvalue weighted by atomic mass is 10.5. The molecule has 0 bridgehead atoms. The molecule has 0 aromatic heterocycles. The molecule has 0 aliphatic carbocycles. The average molecular weight is 152 g/mol. The first kappa shape index (κ1) is 6.98. The first-order chi connectivity index (χ1) is 4.02. The van der Waals surface area contributed by atoms with E-state index in [1.165, 1.54) is 0 Å². The highest BCUT2D eigenvalue weighted by Gasteiger charge is 2.54. The van der Waals surface area contributed by atoms with Crippen molar-refractivity contribution >= 4 is 9.84 Å². The number of rotatable bonds is 2. The van der Waals surface area contributed by atoms with Gasteiger partial charge in [0, 0.05) is 6.26 Å². The maximum atomic E-state index is 10.7. The molecule has 1 fully saturated rings. The number of ether oxygens (including phenoxy) is 1. The van der Waals surface area contributed by atoms with Crippen LogP contribution in [-0.4, -0.2) is 37.9 Å². The summed E-state index contributed by atoms with van der Waals surface area (Å²) in [4.78, 5) is -1.24. The molecule has 0 aromatic carbocycles. The van der Waals surface area contributed by atoms with E-state index in [-0.39, 0.29) is 6.61 Å². The molecule has 1 rings (SSSR count). The third-order valence-electron chi connectivity index (χ3n) is 1.38. The lowest BCUT2D eigenvalue weighted by Crippen LogP contribution is -2.27. The van der Waals surface area contributed by atoms with Crippen LogP contribution in [0.3, 0.4) is 0 Å². The molecule has 1 saturated heterocycles. The third kappa shape index (κ3) is 0.953. The fourth-order valence-corrected chi connectivity index (χ4v) is 1.22. The van der Waals surface area contributed by atoms with Crippen LogP contribution in [0.15, 0.2) is 0 Å². The van der Waals surface area contributed by atoms with Crippen molar-refractivity contribution in [3.05, 3.63) is 0 Å². The van der Waals surface area contributed by atoms with E-state index in [1.807, 2.05) is 0 Å². The minimum atomic E-state index is -3.21. The lowest BCUT2D eigenvalue weighted by molar-refractivity contribution is 0.220. The van der Waals surface area contributed by atoms with Crippen molar-refractivity contribution in [2.45, 2.75) is 4.93 Å². The molecule has 0 unspecified atom stereocenters. The van der Waals surface area contributed by atoms with Crippen LogP contribution in [0.25, 0.3) is 0 Å². The van der Waals surface area contributed by atoms with Crippen molar-refractivity contribution in [3.63, 3.8) is 0 Å². The Morgan fingerprint density at radius 3 is 2.22 bits per heavy atom. The van der Waals surface area contributed by atoms with Crippen molar-refractivity contribution in [2.24, 2.45) is 0 Å². The van der Waals surface area contributed by atoms with Crippen LogP contribution < -0.4 is 0 Å². The van der Waals surface area contributed by atoms with Crippen LogP contribution in [0, 0.1) is 0 Å². The zero-order valence-electron chi connectivity index (χ0n) is 4.99. The summed E-state index contributed by atoms with van der Waals surface area (Å²) in [6.45, 7) is -0.311. The Labute approximate surface area is 53.4 Å². The molecule has 0 amide bonds. The molecule has 1 atom stereocenters. The Hall–Kier alpha value is -0.130. The number of epoxide rings is 1. The molecule has 0 saturated carbocycles. The Kier molecular flexibility index (Phi) is 1.30. The number of aliphatic hydroxyl groups is 1. The highest BCUT2D eigenvalue weighted by molar-refractivity contribution is 7.92. The van der Waals surface area contributed by atoms with Crippen LogP contribution in [0.4, 0.5) is 0 Å². The van der Waals surface area contributed by atoms with Gasteiger partial charge >= 0.3 is 0 Å². The number of sulfone groups is 1. The lowest BCUT2D eigenvalue weighted by Gasteiger charge is -2.02. The van der Waals surface area contributed by atoms with Crippen LogP contribution >= 0.6 is 0 Å². The van der Waals surface area contributed by atoms with Crippen molar-refractivity contribution in [3.8, 4) is 0 Å². The second-order valence-electron chi connectivity index (χ2n) is 2.13. The summed E-state index contributed by atoms with van der Waals surface area (Å²) in [5.74, 6) is 0. The fourth-order valence-electron chi connectivity index (χ4n) is 0.503. The monoisotopic (exact) mass is 152 g/mol. The van der Waals surface area contributed by atoms with Gasteiger partial charge in [-0.15, -0.1) is 0 Å². The largest absolute Gasteiger partial charge is 0.392 e. The zero-order valence-corrected chi connectivity index (χ0v) is 5.81. The fraction of sp³-hybridized carbons (Fsp3) is 1.00. The van der Waals surface area contributed by atoms with Crippen LogP contribution in [0.2, 0.25) is 0 Å². The Morgan fingerprint density at radius 1 is 1.78 bits per heavy atom. The molecule has 4 nitrogen and oxygen atoms in total. The first-order valence-electron chi connectivity index (χ1n) is 2.46. The minimum absolute atomic E-state index is 0.127. The Bertz CT molecular complexity index is 201. The SMILES string of the molecule is CS(=O)(=O)[C@@]1(CO)CO1. The summed E-state index contributed by atoms with van der Waals surface area (Å²) in [6.07, 6.45) is 1.05. The summed E-state index contributed by atoms with van der Waals surface area (Å²) in [6, 6.07) is 0. The predicted molar refractivity (Wildman–Crippen MR) is 30.6 cm³/mol. The molecule has 1 heterocycles. The van der Waals surface area contributed by atoms with Gasteiger partial charge in [0.1, 0.15) is 0 Å². The summed E-state index contributed by atoms with van der Waals surface area (Å²) in [5.41, 5.74) is 0. The van der Waals surface area contributed by atoms with E-state index in [2.05, 4.69) is 4.74 Å². The van der Waals surface area contributed by atoms with Gasteiger partial charge in [0.15, 0.2) is 9.84 Å². The molecule has 0 radical (unpaired) electrons. The summed E-state index contributed by atoms with van der Waals surface area (Å²) in [7, 11) is -3.21. The molecule has 1 aliphatic rings. The minimum Gasteiger partial charge on any atom is -0.392 e. The standard InChI is InChI=1S/C4H8O4S/c1-9(6,7)4(2-5)3-8-4/h5H,2-3H2,1H3/t4-/m0/s1. The third-order valence-corrected chi connectivity index (χ3v) is 3.10. The van der Waals surface area contributed by atoms with E-state index in [0.717, 1.165) is 6.26 Å². The zero-order chi connectivity index (χ0) is 7.12. The van der Waals surface area contributed by atoms with E-state index in [9.17, 15) is 8.42 Å². The maximum absolute atomic E-state index is 10.7. The highest BCUT2D eigenvalue weighted by Crippen LogP contribution is 2.31. The van der Waals surface area contributed by atoms with Crippen LogP contribution in [0.1, 0.15) is 0 Å². The van der Waals surface area contributed by atoms with E-state index < -0.39 is 21.4 Å². The summed E-state index contributed by atoms with van der Waals surface area (Å²) in [5, 5.41) is 8.49. The topological polar surface area (TPSA) is 66.9 Å². The number of aliphatic hydroxyl groups excluding tert-OH is 1. The Morgan fingerprint density at radius 2 is 2.22 bits per heavy atom. The van der Waals surface area contributed by atoms with Gasteiger partial charge in [-0.3, -0.25) is 0 Å². The van der Waals surface area contributed by atoms with E-state index in [4.69, 9.17) is 5.11 Å². The average Bonchev–Trinajstić information content (AvgIpc) is 2.40. The van der Waals surface area contributed by atoms with Crippen LogP contribution in [0.5, 0.6) is 0 Å². The van der Waals surface area contributed by atoms with Gasteiger partial charge in [-0.05, 0) is 0 Å². The number of hydrogen-bond acceptors (Lipinski definition) is 4. The molecular formula is C4H8O4S. The van der Waals surface area contributed by atoms with Crippen LogP contribution in [-0.2, 0) is 14.6 Å². The van der Waals surface area contributed by atoms with Gasteiger partial charge < -0.3 is 9.84 Å². The normalized spacial score (nSPS) is 34.4. The van der Waals surface area contributed by atoms with Gasteiger partial charge in [-0.2, -0.15) is 0 Å². The van der Waals surface area contributed by atoms with Gasteiger partial charge in [0.2, 0.25) is 4.93 Å². The smallest absolute Gasteiger partial charge is 0.214 e. The quantitative estimate of drug-likeness (QED) is 0.502. The summed E-state index contributed by atoms with van der Waals surface area (Å²) >= 11 is 0. The van der Waals surface area contributed by atoms with Crippen molar-refractivity contribution in [1.82, 2.24) is 0 Å². The van der Waals surface area contributed by atoms with Gasteiger partial charge in [0.05, 0.1) is 13.2 Å². The van der Waals surface area contributed by atoms with Crippen molar-refractivity contribution in [2.75, 3.05) is 19.5 Å². The molecule has 0 spiro atoms. The molecular weight excluding hydrogens is 144 g/mol. The van der Waals surface area contributed by atoms with E-state index in [1.54, 1.807) is 0 Å². The van der Waals surface area contributed by atoms with E-state index >= 15 is 0 Å². The molecule has 5 heteroatoms. The molecule has 0 aromatic rings. The van der Waals surface area contributed by atoms with Crippen molar-refractivity contribution < 1.29 is 18.3 Å². The van der Waals surface area contributed by atoms with E-state index in [0.29, 0.717) is 0 Å². The number of hydrogen-bond donors (Lipinski definition) is 1. The van der Waals surface area contributed by atoms with Crippen molar-refractivity contribution in [1.29, 1.82) is 0 Å². The maximum Gasteiger partial charge on any atom is 0.214 e. The first-order valence-corrected chi connectivity index (χ1v) is 4.35. The molecule has 1 N–H and O–H groups in total. The molecule has 9 heavy (non-hydrogen) atoms. The summed E-state index contributed by atoms with van der Waals surface area (Å²) < 4.78 is 25.9. The molecule has 1 aliphatic heterocycles. The second kappa shape index (κ2) is 1.68. The molecule has 54 valence electrons. The Balaban J connectivity index is 2.85. The van der Waals surface area contributed by atoms with Gasteiger partial charge in [-0.1, -0.05) is 0 Å².